The van der Waals surface area contributed by atoms with Crippen LogP contribution in [0.3, 0.4) is 0 Å². The lowest BCUT2D eigenvalue weighted by Crippen LogP contribution is -2.30. The summed E-state index contributed by atoms with van der Waals surface area (Å²) in [6.45, 7) is 4.04. The van der Waals surface area contributed by atoms with Gasteiger partial charge in [0.1, 0.15) is 15.7 Å². The zero-order valence-corrected chi connectivity index (χ0v) is 18.6. The fraction of sp³-hybridized carbons (Fsp3) is 0.208. The Hall–Kier alpha value is -2.70. The van der Waals surface area contributed by atoms with Crippen LogP contribution in [0.1, 0.15) is 34.8 Å². The molecule has 0 aliphatic heterocycles. The van der Waals surface area contributed by atoms with E-state index in [1.165, 1.54) is 16.6 Å². The molecule has 4 rings (SSSR count). The fourth-order valence-corrected chi connectivity index (χ4v) is 5.25. The highest BCUT2D eigenvalue weighted by Gasteiger charge is 2.18. The second-order valence-electron chi connectivity index (χ2n) is 6.97. The van der Waals surface area contributed by atoms with Crippen molar-refractivity contribution >= 4 is 39.2 Å². The predicted molar refractivity (Wildman–Crippen MR) is 125 cm³/mol. The molecule has 0 aliphatic carbocycles. The Morgan fingerprint density at radius 1 is 1.03 bits per heavy atom. The van der Waals surface area contributed by atoms with Crippen LogP contribution in [0.2, 0.25) is 0 Å². The van der Waals surface area contributed by atoms with Crippen molar-refractivity contribution in [2.24, 2.45) is 0 Å². The van der Waals surface area contributed by atoms with Gasteiger partial charge in [0, 0.05) is 10.3 Å². The van der Waals surface area contributed by atoms with Crippen LogP contribution in [0.4, 0.5) is 0 Å². The number of hydrogen-bond donors (Lipinski definition) is 1. The summed E-state index contributed by atoms with van der Waals surface area (Å²) in [6.07, 6.45) is 0.973. The van der Waals surface area contributed by atoms with Gasteiger partial charge in [0.15, 0.2) is 0 Å². The van der Waals surface area contributed by atoms with Gasteiger partial charge < -0.3 is 5.32 Å². The predicted octanol–water partition coefficient (Wildman–Crippen LogP) is 5.56. The maximum atomic E-state index is 12.9. The third-order valence-electron chi connectivity index (χ3n) is 4.78. The summed E-state index contributed by atoms with van der Waals surface area (Å²) in [4.78, 5) is 24.3. The Kier molecular flexibility index (Phi) is 6.45. The quantitative estimate of drug-likeness (QED) is 0.306. The summed E-state index contributed by atoms with van der Waals surface area (Å²) in [7, 11) is 0. The van der Waals surface area contributed by atoms with E-state index in [2.05, 4.69) is 28.3 Å². The molecule has 6 heteroatoms. The smallest absolute Gasteiger partial charge is 0.231 e. The lowest BCUT2D eigenvalue weighted by molar-refractivity contribution is -0.119. The van der Waals surface area contributed by atoms with E-state index in [9.17, 15) is 4.79 Å². The molecule has 0 atom stereocenters. The van der Waals surface area contributed by atoms with Crippen molar-refractivity contribution in [2.45, 2.75) is 31.3 Å². The Morgan fingerprint density at radius 2 is 1.67 bits per heavy atom. The molecular weight excluding hydrogens is 410 g/mol. The summed E-state index contributed by atoms with van der Waals surface area (Å²) >= 11 is 3.17. The number of amides is 1. The topological polar surface area (TPSA) is 54.9 Å². The average molecular weight is 434 g/mol. The van der Waals surface area contributed by atoms with Gasteiger partial charge in [0.05, 0.1) is 11.8 Å². The average Bonchev–Trinajstić information content (AvgIpc) is 3.20. The number of thioether (sulfide) groups is 1. The molecule has 0 saturated carbocycles. The van der Waals surface area contributed by atoms with Crippen molar-refractivity contribution in [1.82, 2.24) is 15.3 Å². The molecule has 1 amide bonds. The van der Waals surface area contributed by atoms with Crippen molar-refractivity contribution < 1.29 is 4.79 Å². The van der Waals surface area contributed by atoms with E-state index in [0.29, 0.717) is 5.75 Å². The number of aromatic nitrogens is 2. The normalized spacial score (nSPS) is 11.2. The van der Waals surface area contributed by atoms with E-state index in [4.69, 9.17) is 0 Å². The first kappa shape index (κ1) is 20.6. The molecule has 2 heterocycles. The highest BCUT2D eigenvalue weighted by Crippen LogP contribution is 2.32. The van der Waals surface area contributed by atoms with Gasteiger partial charge in [-0.3, -0.25) is 4.79 Å². The SMILES string of the molecule is CCc1cc2c(SCC(=O)NC(c3ccccc3)c3ccccc3)nc(C)nc2s1. The Bertz CT molecular complexity index is 1100. The highest BCUT2D eigenvalue weighted by molar-refractivity contribution is 8.00. The monoisotopic (exact) mass is 433 g/mol. The maximum absolute atomic E-state index is 12.9. The standard InChI is InChI=1S/C24H23N3OS2/c1-3-19-14-20-23(25-16(2)26-24(20)30-19)29-15-21(28)27-22(17-10-6-4-7-11-17)18-12-8-5-9-13-18/h4-14,22H,3,15H2,1-2H3,(H,27,28). The largest absolute Gasteiger partial charge is 0.344 e. The number of nitrogens with one attached hydrogen (secondary N) is 1. The van der Waals surface area contributed by atoms with Gasteiger partial charge in [-0.1, -0.05) is 79.3 Å². The van der Waals surface area contributed by atoms with Crippen molar-refractivity contribution in [2.75, 3.05) is 5.75 Å². The van der Waals surface area contributed by atoms with Gasteiger partial charge >= 0.3 is 0 Å². The second kappa shape index (κ2) is 9.41. The molecule has 0 radical (unpaired) electrons. The first-order valence-electron chi connectivity index (χ1n) is 9.93. The minimum Gasteiger partial charge on any atom is -0.344 e. The van der Waals surface area contributed by atoms with E-state index in [1.54, 1.807) is 11.3 Å². The molecule has 0 spiro atoms. The molecular formula is C24H23N3OS2. The van der Waals surface area contributed by atoms with Crippen LogP contribution in [0.15, 0.2) is 71.8 Å². The van der Waals surface area contributed by atoms with Gasteiger partial charge in [0.25, 0.3) is 0 Å². The molecule has 4 nitrogen and oxygen atoms in total. The number of thiophene rings is 1. The third-order valence-corrected chi connectivity index (χ3v) is 6.94. The first-order chi connectivity index (χ1) is 14.6. The molecule has 2 aromatic carbocycles. The summed E-state index contributed by atoms with van der Waals surface area (Å²) in [5.41, 5.74) is 2.13. The summed E-state index contributed by atoms with van der Waals surface area (Å²) in [6, 6.07) is 22.1. The molecule has 0 saturated heterocycles. The molecule has 1 N–H and O–H groups in total. The number of fused-ring (bicyclic) bond motifs is 1. The lowest BCUT2D eigenvalue weighted by Gasteiger charge is -2.20. The van der Waals surface area contributed by atoms with Crippen LogP contribution >= 0.6 is 23.1 Å². The summed E-state index contributed by atoms with van der Waals surface area (Å²) < 4.78 is 0. The van der Waals surface area contributed by atoms with Crippen molar-refractivity contribution in [1.29, 1.82) is 0 Å². The summed E-state index contributed by atoms with van der Waals surface area (Å²) in [5.74, 6) is 1.02. The Labute approximate surface area is 184 Å². The van der Waals surface area contributed by atoms with Crippen molar-refractivity contribution in [3.63, 3.8) is 0 Å². The van der Waals surface area contributed by atoms with Crippen LogP contribution in [0.5, 0.6) is 0 Å². The molecule has 30 heavy (non-hydrogen) atoms. The number of benzene rings is 2. The molecule has 4 aromatic rings. The van der Waals surface area contributed by atoms with Gasteiger partial charge in [0.2, 0.25) is 5.91 Å². The molecule has 2 aromatic heterocycles. The zero-order chi connectivity index (χ0) is 20.9. The number of rotatable bonds is 7. The second-order valence-corrected chi connectivity index (χ2v) is 9.05. The zero-order valence-electron chi connectivity index (χ0n) is 17.0. The molecule has 152 valence electrons. The van der Waals surface area contributed by atoms with E-state index in [-0.39, 0.29) is 11.9 Å². The van der Waals surface area contributed by atoms with Gasteiger partial charge in [-0.15, -0.1) is 11.3 Å². The lowest BCUT2D eigenvalue weighted by atomic mass is 9.99. The third kappa shape index (κ3) is 4.71. The number of carbonyl (C=O) groups is 1. The molecule has 0 bridgehead atoms. The van der Waals surface area contributed by atoms with Crippen LogP contribution < -0.4 is 5.32 Å². The number of hydrogen-bond acceptors (Lipinski definition) is 5. The van der Waals surface area contributed by atoms with Crippen LogP contribution in [-0.4, -0.2) is 21.6 Å². The Morgan fingerprint density at radius 3 is 2.27 bits per heavy atom. The summed E-state index contributed by atoms with van der Waals surface area (Å²) in [5, 5.41) is 5.12. The van der Waals surface area contributed by atoms with Crippen molar-refractivity contribution in [3.8, 4) is 0 Å². The van der Waals surface area contributed by atoms with E-state index < -0.39 is 0 Å². The maximum Gasteiger partial charge on any atom is 0.231 e. The van der Waals surface area contributed by atoms with Crippen LogP contribution in [-0.2, 0) is 11.2 Å². The fourth-order valence-electron chi connectivity index (χ4n) is 3.32. The van der Waals surface area contributed by atoms with Gasteiger partial charge in [-0.05, 0) is 30.5 Å². The number of aryl methyl sites for hydroxylation is 2. The highest BCUT2D eigenvalue weighted by atomic mass is 32.2. The van der Waals surface area contributed by atoms with E-state index >= 15 is 0 Å². The number of carbonyl (C=O) groups excluding carboxylic acids is 1. The molecule has 0 unspecified atom stereocenters. The van der Waals surface area contributed by atoms with Crippen LogP contribution in [0, 0.1) is 6.92 Å². The van der Waals surface area contributed by atoms with E-state index in [1.807, 2.05) is 67.6 Å². The number of nitrogens with zero attached hydrogens (tertiary/aromatic N) is 2. The molecule has 0 aliphatic rings. The van der Waals surface area contributed by atoms with Crippen molar-refractivity contribution in [3.05, 3.63) is 88.6 Å². The van der Waals surface area contributed by atoms with E-state index in [0.717, 1.165) is 38.6 Å². The minimum atomic E-state index is -0.180. The first-order valence-corrected chi connectivity index (χ1v) is 11.7. The van der Waals surface area contributed by atoms with Gasteiger partial charge in [-0.2, -0.15) is 0 Å². The Balaban J connectivity index is 1.52. The van der Waals surface area contributed by atoms with Crippen LogP contribution in [0.25, 0.3) is 10.2 Å². The van der Waals surface area contributed by atoms with Gasteiger partial charge in [-0.25, -0.2) is 9.97 Å². The molecule has 0 fully saturated rings. The minimum absolute atomic E-state index is 0.0203.